The largest absolute Gasteiger partial charge is 0.451 e. The number of aliphatic imine (C=N–C) groups is 1. The van der Waals surface area contributed by atoms with E-state index in [9.17, 15) is 13.2 Å². The van der Waals surface area contributed by atoms with Gasteiger partial charge in [0.2, 0.25) is 5.82 Å². The van der Waals surface area contributed by atoms with Crippen molar-refractivity contribution in [1.82, 2.24) is 9.97 Å². The average molecular weight is 399 g/mol. The third-order valence-electron chi connectivity index (χ3n) is 4.35. The monoisotopic (exact) mass is 399 g/mol. The summed E-state index contributed by atoms with van der Waals surface area (Å²) in [6.07, 6.45) is -3.33. The fourth-order valence-electron chi connectivity index (χ4n) is 3.00. The summed E-state index contributed by atoms with van der Waals surface area (Å²) < 4.78 is 38.8. The minimum Gasteiger partial charge on any atom is -0.383 e. The zero-order chi connectivity index (χ0) is 19.9. The second-order valence-electron chi connectivity index (χ2n) is 6.22. The molecule has 1 atom stereocenters. The number of rotatable bonds is 2. The van der Waals surface area contributed by atoms with Gasteiger partial charge in [-0.15, -0.1) is 11.3 Å². The highest BCUT2D eigenvalue weighted by molar-refractivity contribution is 7.10. The van der Waals surface area contributed by atoms with Crippen LogP contribution in [0, 0.1) is 11.3 Å². The number of benzene rings is 1. The zero-order valence-electron chi connectivity index (χ0n) is 14.2. The Kier molecular flexibility index (Phi) is 4.35. The molecule has 0 radical (unpaired) electrons. The fraction of sp³-hybridized carbons (Fsp3) is 0.158. The number of aromatic nitrogens is 2. The van der Waals surface area contributed by atoms with Crippen LogP contribution in [-0.2, 0) is 12.6 Å². The smallest absolute Gasteiger partial charge is 0.383 e. The number of hydrogen-bond donors (Lipinski definition) is 1. The summed E-state index contributed by atoms with van der Waals surface area (Å²) in [5.41, 5.74) is 8.87. The van der Waals surface area contributed by atoms with Crippen molar-refractivity contribution in [2.75, 3.05) is 0 Å². The van der Waals surface area contributed by atoms with Crippen LogP contribution in [0.25, 0.3) is 11.1 Å². The molecule has 0 fully saturated rings. The molecule has 0 aliphatic carbocycles. The Bertz CT molecular complexity index is 1130. The Labute approximate surface area is 162 Å². The van der Waals surface area contributed by atoms with Gasteiger partial charge in [0.25, 0.3) is 0 Å². The maximum Gasteiger partial charge on any atom is 0.451 e. The molecule has 0 bridgehead atoms. The van der Waals surface area contributed by atoms with Crippen LogP contribution in [0.15, 0.2) is 46.9 Å². The standard InChI is InChI=1S/C19H12F3N5S/c20-19(21,22)18-25-8-13-14(27-18)6-15(26-17(13)24)16-5-12(9-28-16)11-3-1-2-10(4-11)7-23/h1-5,8-9,15H,6H2,(H2,24,26). The van der Waals surface area contributed by atoms with Gasteiger partial charge in [-0.1, -0.05) is 12.1 Å². The fourth-order valence-corrected chi connectivity index (χ4v) is 3.96. The van der Waals surface area contributed by atoms with Crippen LogP contribution in [0.2, 0.25) is 0 Å². The Morgan fingerprint density at radius 3 is 2.79 bits per heavy atom. The quantitative estimate of drug-likeness (QED) is 0.703. The van der Waals surface area contributed by atoms with E-state index < -0.39 is 18.0 Å². The molecule has 140 valence electrons. The van der Waals surface area contributed by atoms with Gasteiger partial charge in [0.1, 0.15) is 5.84 Å². The second-order valence-corrected chi connectivity index (χ2v) is 7.16. The maximum atomic E-state index is 12.9. The van der Waals surface area contributed by atoms with Crippen LogP contribution in [-0.4, -0.2) is 15.8 Å². The molecule has 1 aromatic carbocycles. The average Bonchev–Trinajstić information content (AvgIpc) is 3.17. The van der Waals surface area contributed by atoms with Crippen molar-refractivity contribution in [3.8, 4) is 17.2 Å². The van der Waals surface area contributed by atoms with Crippen molar-refractivity contribution in [3.63, 3.8) is 0 Å². The van der Waals surface area contributed by atoms with E-state index in [0.29, 0.717) is 11.1 Å². The molecule has 0 amide bonds. The Morgan fingerprint density at radius 2 is 2.04 bits per heavy atom. The summed E-state index contributed by atoms with van der Waals surface area (Å²) in [7, 11) is 0. The van der Waals surface area contributed by atoms with Crippen molar-refractivity contribution in [3.05, 3.63) is 69.4 Å². The van der Waals surface area contributed by atoms with Crippen molar-refractivity contribution >= 4 is 17.2 Å². The van der Waals surface area contributed by atoms with Crippen molar-refractivity contribution in [2.45, 2.75) is 18.6 Å². The molecule has 2 N–H and O–H groups in total. The van der Waals surface area contributed by atoms with Crippen molar-refractivity contribution in [1.29, 1.82) is 5.26 Å². The van der Waals surface area contributed by atoms with E-state index in [4.69, 9.17) is 11.0 Å². The van der Waals surface area contributed by atoms with E-state index in [1.165, 1.54) is 11.3 Å². The molecule has 0 saturated heterocycles. The third kappa shape index (κ3) is 3.34. The van der Waals surface area contributed by atoms with Crippen LogP contribution in [0.3, 0.4) is 0 Å². The number of hydrogen-bond acceptors (Lipinski definition) is 6. The minimum absolute atomic E-state index is 0.126. The number of nitrogens with zero attached hydrogens (tertiary/aromatic N) is 4. The second kappa shape index (κ2) is 6.73. The van der Waals surface area contributed by atoms with E-state index in [-0.39, 0.29) is 18.0 Å². The lowest BCUT2D eigenvalue weighted by atomic mass is 10.00. The number of nitriles is 1. The molecule has 0 saturated carbocycles. The molecule has 9 heteroatoms. The Balaban J connectivity index is 1.66. The van der Waals surface area contributed by atoms with Gasteiger partial charge in [-0.2, -0.15) is 18.4 Å². The first kappa shape index (κ1) is 18.1. The summed E-state index contributed by atoms with van der Waals surface area (Å²) in [4.78, 5) is 12.3. The molecule has 1 unspecified atom stereocenters. The molecule has 3 aromatic rings. The Morgan fingerprint density at radius 1 is 1.21 bits per heavy atom. The van der Waals surface area contributed by atoms with Gasteiger partial charge in [-0.05, 0) is 34.7 Å². The molecule has 3 heterocycles. The number of thiophene rings is 1. The zero-order valence-corrected chi connectivity index (χ0v) is 15.1. The molecule has 1 aliphatic heterocycles. The van der Waals surface area contributed by atoms with E-state index in [1.807, 2.05) is 17.5 Å². The third-order valence-corrected chi connectivity index (χ3v) is 5.39. The molecule has 1 aliphatic rings. The van der Waals surface area contributed by atoms with Gasteiger partial charge in [-0.3, -0.25) is 4.99 Å². The van der Waals surface area contributed by atoms with E-state index >= 15 is 0 Å². The summed E-state index contributed by atoms with van der Waals surface area (Å²) in [5.74, 6) is -1.05. The number of halogens is 3. The maximum absolute atomic E-state index is 12.9. The first-order valence-electron chi connectivity index (χ1n) is 8.21. The van der Waals surface area contributed by atoms with Gasteiger partial charge in [0.05, 0.1) is 28.9 Å². The Hall–Kier alpha value is -3.25. The highest BCUT2D eigenvalue weighted by Gasteiger charge is 2.36. The van der Waals surface area contributed by atoms with Gasteiger partial charge in [0, 0.05) is 17.5 Å². The van der Waals surface area contributed by atoms with Crippen LogP contribution < -0.4 is 5.73 Å². The molecular formula is C19H12F3N5S. The highest BCUT2D eigenvalue weighted by Crippen LogP contribution is 2.36. The summed E-state index contributed by atoms with van der Waals surface area (Å²) in [5, 5.41) is 11.0. The number of alkyl halides is 3. The van der Waals surface area contributed by atoms with E-state index in [0.717, 1.165) is 22.2 Å². The van der Waals surface area contributed by atoms with Crippen LogP contribution in [0.5, 0.6) is 0 Å². The molecule has 5 nitrogen and oxygen atoms in total. The minimum atomic E-state index is -4.62. The normalized spacial score (nSPS) is 16.2. The van der Waals surface area contributed by atoms with Crippen LogP contribution in [0.1, 0.15) is 33.6 Å². The predicted octanol–water partition coefficient (Wildman–Crippen LogP) is 4.10. The van der Waals surface area contributed by atoms with Gasteiger partial charge < -0.3 is 5.73 Å². The van der Waals surface area contributed by atoms with E-state index in [2.05, 4.69) is 21.0 Å². The highest BCUT2D eigenvalue weighted by atomic mass is 32.1. The van der Waals surface area contributed by atoms with Gasteiger partial charge in [-0.25, -0.2) is 9.97 Å². The summed E-state index contributed by atoms with van der Waals surface area (Å²) >= 11 is 1.44. The molecule has 2 aromatic heterocycles. The molecule has 4 rings (SSSR count). The van der Waals surface area contributed by atoms with Crippen molar-refractivity contribution < 1.29 is 13.2 Å². The first-order chi connectivity index (χ1) is 13.3. The number of amidine groups is 1. The predicted molar refractivity (Wildman–Crippen MR) is 98.7 cm³/mol. The van der Waals surface area contributed by atoms with Crippen LogP contribution in [0.4, 0.5) is 13.2 Å². The summed E-state index contributed by atoms with van der Waals surface area (Å²) in [6, 6.07) is 10.8. The summed E-state index contributed by atoms with van der Waals surface area (Å²) in [6.45, 7) is 0. The van der Waals surface area contributed by atoms with E-state index in [1.54, 1.807) is 18.2 Å². The lowest BCUT2D eigenvalue weighted by molar-refractivity contribution is -0.145. The van der Waals surface area contributed by atoms with Crippen molar-refractivity contribution in [2.24, 2.45) is 10.7 Å². The lowest BCUT2D eigenvalue weighted by Crippen LogP contribution is -2.26. The lowest BCUT2D eigenvalue weighted by Gasteiger charge is -2.20. The molecule has 28 heavy (non-hydrogen) atoms. The van der Waals surface area contributed by atoms with Gasteiger partial charge in [0.15, 0.2) is 0 Å². The topological polar surface area (TPSA) is 88.0 Å². The molecular weight excluding hydrogens is 387 g/mol. The first-order valence-corrected chi connectivity index (χ1v) is 9.09. The molecule has 0 spiro atoms. The number of fused-ring (bicyclic) bond motifs is 1. The SMILES string of the molecule is N#Cc1cccc(-c2csc(C3Cc4nc(C(F)(F)F)ncc4C(N)=N3)c2)c1. The van der Waals surface area contributed by atoms with Crippen LogP contribution >= 0.6 is 11.3 Å². The number of nitrogens with two attached hydrogens (primary N) is 1. The van der Waals surface area contributed by atoms with Gasteiger partial charge >= 0.3 is 6.18 Å².